The lowest BCUT2D eigenvalue weighted by atomic mass is 10.5. The van der Waals surface area contributed by atoms with Gasteiger partial charge in [0.15, 0.2) is 0 Å². The molecule has 1 fully saturated rings. The first-order valence-electron chi connectivity index (χ1n) is 3.98. The van der Waals surface area contributed by atoms with Crippen molar-refractivity contribution in [1.82, 2.24) is 15.3 Å². The molecule has 0 aromatic carbocycles. The lowest BCUT2D eigenvalue weighted by molar-refractivity contribution is -0.125. The van der Waals surface area contributed by atoms with Gasteiger partial charge in [0.25, 0.3) is 11.1 Å². The second-order valence-corrected chi connectivity index (χ2v) is 4.01. The minimum absolute atomic E-state index is 0.00564. The molecule has 1 aliphatic heterocycles. The molecule has 2 amide bonds. The van der Waals surface area contributed by atoms with Crippen molar-refractivity contribution >= 4 is 22.9 Å². The van der Waals surface area contributed by atoms with Gasteiger partial charge in [-0.15, -0.1) is 0 Å². The van der Waals surface area contributed by atoms with Crippen molar-refractivity contribution in [2.45, 2.75) is 0 Å². The summed E-state index contributed by atoms with van der Waals surface area (Å²) in [6.07, 6.45) is 0. The summed E-state index contributed by atoms with van der Waals surface area (Å²) in [6.45, 7) is 0.828. The average Bonchev–Trinajstić information content (AvgIpc) is 2.34. The van der Waals surface area contributed by atoms with Crippen molar-refractivity contribution in [1.29, 1.82) is 0 Å². The number of thioether (sulfide) groups is 1. The number of carbonyl (C=O) groups excluding carboxylic acids is 2. The first-order valence-corrected chi connectivity index (χ1v) is 4.96. The predicted octanol–water partition coefficient (Wildman–Crippen LogP) is -0.252. The van der Waals surface area contributed by atoms with Crippen molar-refractivity contribution in [2.75, 3.05) is 32.9 Å². The van der Waals surface area contributed by atoms with Crippen LogP contribution in [0.15, 0.2) is 0 Å². The Bertz CT molecular complexity index is 220. The first-order chi connectivity index (χ1) is 6.09. The molecule has 13 heavy (non-hydrogen) atoms. The zero-order chi connectivity index (χ0) is 9.84. The Morgan fingerprint density at radius 2 is 2.38 bits per heavy atom. The maximum atomic E-state index is 11.2. The van der Waals surface area contributed by atoms with Gasteiger partial charge >= 0.3 is 0 Å². The van der Waals surface area contributed by atoms with E-state index in [0.717, 1.165) is 5.75 Å². The highest BCUT2D eigenvalue weighted by molar-refractivity contribution is 8.13. The SMILES string of the molecule is CN(C)NC(=O)CN1CCSC1=O. The summed E-state index contributed by atoms with van der Waals surface area (Å²) in [5, 5.41) is 1.56. The number of hydrazine groups is 1. The summed E-state index contributed by atoms with van der Waals surface area (Å²) < 4.78 is 0. The largest absolute Gasteiger partial charge is 0.323 e. The molecule has 0 saturated carbocycles. The standard InChI is InChI=1S/C7H13N3O2S/c1-9(2)8-6(11)5-10-3-4-13-7(10)12/h3-5H2,1-2H3,(H,8,11). The molecule has 0 bridgehead atoms. The summed E-state index contributed by atoms with van der Waals surface area (Å²) in [5.41, 5.74) is 2.58. The zero-order valence-corrected chi connectivity index (χ0v) is 8.56. The first kappa shape index (κ1) is 10.3. The van der Waals surface area contributed by atoms with Gasteiger partial charge in [-0.05, 0) is 0 Å². The van der Waals surface area contributed by atoms with Crippen LogP contribution in [0.4, 0.5) is 4.79 Å². The molecule has 74 valence electrons. The van der Waals surface area contributed by atoms with Crippen LogP contribution in [-0.2, 0) is 4.79 Å². The van der Waals surface area contributed by atoms with Crippen LogP contribution in [0, 0.1) is 0 Å². The van der Waals surface area contributed by atoms with Crippen LogP contribution in [0.3, 0.4) is 0 Å². The Morgan fingerprint density at radius 1 is 1.69 bits per heavy atom. The highest BCUT2D eigenvalue weighted by atomic mass is 32.2. The number of rotatable bonds is 3. The molecule has 1 heterocycles. The Kier molecular flexibility index (Phi) is 3.56. The van der Waals surface area contributed by atoms with E-state index in [1.54, 1.807) is 24.0 Å². The second-order valence-electron chi connectivity index (χ2n) is 2.97. The second kappa shape index (κ2) is 4.48. The highest BCUT2D eigenvalue weighted by Crippen LogP contribution is 2.16. The Morgan fingerprint density at radius 3 is 2.85 bits per heavy atom. The van der Waals surface area contributed by atoms with E-state index in [9.17, 15) is 9.59 Å². The van der Waals surface area contributed by atoms with Gasteiger partial charge in [-0.1, -0.05) is 11.8 Å². The Labute approximate surface area is 81.4 Å². The fourth-order valence-corrected chi connectivity index (χ4v) is 1.85. The van der Waals surface area contributed by atoms with Crippen LogP contribution in [0.2, 0.25) is 0 Å². The maximum absolute atomic E-state index is 11.2. The summed E-state index contributed by atoms with van der Waals surface area (Å²) in [6, 6.07) is 0. The lowest BCUT2D eigenvalue weighted by Crippen LogP contribution is -2.43. The van der Waals surface area contributed by atoms with Crippen LogP contribution in [0.25, 0.3) is 0 Å². The van der Waals surface area contributed by atoms with Gasteiger partial charge in [0, 0.05) is 26.4 Å². The highest BCUT2D eigenvalue weighted by Gasteiger charge is 2.23. The third-order valence-corrected chi connectivity index (χ3v) is 2.42. The number of nitrogens with one attached hydrogen (secondary N) is 1. The van der Waals surface area contributed by atoms with Gasteiger partial charge in [-0.3, -0.25) is 15.0 Å². The molecular formula is C7H13N3O2S. The molecule has 0 aromatic heterocycles. The van der Waals surface area contributed by atoms with E-state index in [1.165, 1.54) is 11.8 Å². The van der Waals surface area contributed by atoms with Crippen LogP contribution in [-0.4, -0.2) is 54.0 Å². The van der Waals surface area contributed by atoms with Crippen LogP contribution >= 0.6 is 11.8 Å². The monoisotopic (exact) mass is 203 g/mol. The molecule has 1 aliphatic rings. The number of hydrogen-bond donors (Lipinski definition) is 1. The minimum Gasteiger partial charge on any atom is -0.323 e. The van der Waals surface area contributed by atoms with Gasteiger partial charge in [-0.25, -0.2) is 5.01 Å². The summed E-state index contributed by atoms with van der Waals surface area (Å²) in [5.74, 6) is 0.634. The molecule has 0 radical (unpaired) electrons. The fourth-order valence-electron chi connectivity index (χ4n) is 1.03. The average molecular weight is 203 g/mol. The molecule has 0 unspecified atom stereocenters. The summed E-state index contributed by atoms with van der Waals surface area (Å²) in [7, 11) is 3.47. The zero-order valence-electron chi connectivity index (χ0n) is 7.74. The normalized spacial score (nSPS) is 16.8. The van der Waals surface area contributed by atoms with Crippen molar-refractivity contribution in [3.8, 4) is 0 Å². The summed E-state index contributed by atoms with van der Waals surface area (Å²) >= 11 is 1.26. The molecule has 0 spiro atoms. The fraction of sp³-hybridized carbons (Fsp3) is 0.714. The third-order valence-electron chi connectivity index (χ3n) is 1.53. The van der Waals surface area contributed by atoms with Gasteiger partial charge in [0.05, 0.1) is 0 Å². The van der Waals surface area contributed by atoms with Crippen molar-refractivity contribution in [3.05, 3.63) is 0 Å². The van der Waals surface area contributed by atoms with Gasteiger partial charge in [0.1, 0.15) is 6.54 Å². The molecule has 0 aromatic rings. The Balaban J connectivity index is 2.31. The molecule has 5 nitrogen and oxygen atoms in total. The smallest absolute Gasteiger partial charge is 0.282 e. The van der Waals surface area contributed by atoms with Gasteiger partial charge in [-0.2, -0.15) is 0 Å². The van der Waals surface area contributed by atoms with E-state index >= 15 is 0 Å². The molecule has 0 atom stereocenters. The third kappa shape index (κ3) is 3.23. The van der Waals surface area contributed by atoms with E-state index in [2.05, 4.69) is 5.43 Å². The summed E-state index contributed by atoms with van der Waals surface area (Å²) in [4.78, 5) is 23.8. The number of amides is 2. The molecule has 6 heteroatoms. The van der Waals surface area contributed by atoms with E-state index in [4.69, 9.17) is 0 Å². The topological polar surface area (TPSA) is 52.7 Å². The van der Waals surface area contributed by atoms with Crippen molar-refractivity contribution in [3.63, 3.8) is 0 Å². The molecule has 1 saturated heterocycles. The van der Waals surface area contributed by atoms with Crippen molar-refractivity contribution in [2.24, 2.45) is 0 Å². The molecule has 1 N–H and O–H groups in total. The number of nitrogens with zero attached hydrogens (tertiary/aromatic N) is 2. The van der Waals surface area contributed by atoms with Crippen LogP contribution in [0.5, 0.6) is 0 Å². The number of hydrogen-bond acceptors (Lipinski definition) is 4. The van der Waals surface area contributed by atoms with E-state index < -0.39 is 0 Å². The molecule has 1 rings (SSSR count). The van der Waals surface area contributed by atoms with E-state index in [1.807, 2.05) is 0 Å². The lowest BCUT2D eigenvalue weighted by Gasteiger charge is -2.16. The van der Waals surface area contributed by atoms with Crippen LogP contribution in [0.1, 0.15) is 0 Å². The van der Waals surface area contributed by atoms with Crippen molar-refractivity contribution < 1.29 is 9.59 Å². The predicted molar refractivity (Wildman–Crippen MR) is 51.3 cm³/mol. The minimum atomic E-state index is -0.152. The van der Waals surface area contributed by atoms with Gasteiger partial charge < -0.3 is 4.90 Å². The molecular weight excluding hydrogens is 190 g/mol. The van der Waals surface area contributed by atoms with E-state index in [0.29, 0.717) is 6.54 Å². The maximum Gasteiger partial charge on any atom is 0.282 e. The van der Waals surface area contributed by atoms with Gasteiger partial charge in [0.2, 0.25) is 0 Å². The van der Waals surface area contributed by atoms with E-state index in [-0.39, 0.29) is 17.7 Å². The number of carbonyl (C=O) groups is 2. The Hall–Kier alpha value is -0.750. The molecule has 0 aliphatic carbocycles. The van der Waals surface area contributed by atoms with Crippen LogP contribution < -0.4 is 5.43 Å². The quantitative estimate of drug-likeness (QED) is 0.643.